The zero-order valence-electron chi connectivity index (χ0n) is 11.9. The van der Waals surface area contributed by atoms with Crippen molar-refractivity contribution in [2.24, 2.45) is 5.73 Å². The Morgan fingerprint density at radius 3 is 2.70 bits per heavy atom. The minimum atomic E-state index is 0.569. The summed E-state index contributed by atoms with van der Waals surface area (Å²) in [4.78, 5) is 0. The quantitative estimate of drug-likeness (QED) is 0.826. The Bertz CT molecular complexity index is 591. The summed E-state index contributed by atoms with van der Waals surface area (Å²) in [6, 6.07) is 0. The Balaban J connectivity index is 2.17. The van der Waals surface area contributed by atoms with E-state index in [2.05, 4.69) is 22.2 Å². The molecular formula is C12H19ClN6S. The molecule has 2 aromatic rings. The monoisotopic (exact) mass is 314 g/mol. The smallest absolute Gasteiger partial charge is 0.191 e. The molecule has 20 heavy (non-hydrogen) atoms. The number of nitrogens with zero attached hydrogens (tertiary/aromatic N) is 5. The van der Waals surface area contributed by atoms with Crippen LogP contribution in [-0.4, -0.2) is 31.1 Å². The van der Waals surface area contributed by atoms with E-state index in [4.69, 9.17) is 17.3 Å². The van der Waals surface area contributed by atoms with Crippen molar-refractivity contribution in [2.45, 2.75) is 44.8 Å². The number of aromatic nitrogens is 5. The maximum atomic E-state index is 6.31. The van der Waals surface area contributed by atoms with Crippen molar-refractivity contribution in [2.75, 3.05) is 6.54 Å². The van der Waals surface area contributed by atoms with Gasteiger partial charge in [-0.25, -0.2) is 0 Å². The molecule has 0 saturated carbocycles. The Morgan fingerprint density at radius 2 is 2.05 bits per heavy atom. The summed E-state index contributed by atoms with van der Waals surface area (Å²) in [7, 11) is 0. The van der Waals surface area contributed by atoms with Gasteiger partial charge in [0.25, 0.3) is 0 Å². The van der Waals surface area contributed by atoms with E-state index in [1.165, 1.54) is 0 Å². The molecule has 0 aromatic carbocycles. The number of hydrogen-bond acceptors (Lipinski definition) is 5. The molecule has 0 fully saturated rings. The molecular weight excluding hydrogens is 296 g/mol. The maximum absolute atomic E-state index is 6.31. The van der Waals surface area contributed by atoms with Crippen molar-refractivity contribution >= 4 is 23.4 Å². The molecule has 2 heterocycles. The first-order chi connectivity index (χ1) is 9.58. The predicted molar refractivity (Wildman–Crippen MR) is 81.0 cm³/mol. The first-order valence-corrected chi connectivity index (χ1v) is 7.89. The lowest BCUT2D eigenvalue weighted by Gasteiger charge is -2.07. The minimum absolute atomic E-state index is 0.569. The van der Waals surface area contributed by atoms with E-state index in [-0.39, 0.29) is 0 Å². The highest BCUT2D eigenvalue weighted by Crippen LogP contribution is 2.28. The van der Waals surface area contributed by atoms with Gasteiger partial charge in [0.1, 0.15) is 5.82 Å². The highest BCUT2D eigenvalue weighted by Gasteiger charge is 2.15. The number of nitrogens with two attached hydrogens (primary N) is 1. The van der Waals surface area contributed by atoms with Crippen molar-refractivity contribution < 1.29 is 0 Å². The Morgan fingerprint density at radius 1 is 1.30 bits per heavy atom. The van der Waals surface area contributed by atoms with Gasteiger partial charge in [0.05, 0.1) is 16.4 Å². The topological polar surface area (TPSA) is 74.5 Å². The van der Waals surface area contributed by atoms with Gasteiger partial charge >= 0.3 is 0 Å². The molecule has 0 bridgehead atoms. The Hall–Kier alpha value is -1.05. The molecule has 6 nitrogen and oxygen atoms in total. The predicted octanol–water partition coefficient (Wildman–Crippen LogP) is 2.02. The van der Waals surface area contributed by atoms with Gasteiger partial charge in [-0.15, -0.1) is 10.2 Å². The third-order valence-corrected chi connectivity index (χ3v) is 4.51. The van der Waals surface area contributed by atoms with E-state index in [1.54, 1.807) is 11.8 Å². The summed E-state index contributed by atoms with van der Waals surface area (Å²) < 4.78 is 3.96. The highest BCUT2D eigenvalue weighted by molar-refractivity contribution is 7.98. The largest absolute Gasteiger partial charge is 0.329 e. The lowest BCUT2D eigenvalue weighted by molar-refractivity contribution is 0.623. The molecule has 0 atom stereocenters. The van der Waals surface area contributed by atoms with E-state index in [1.807, 2.05) is 23.1 Å². The fraction of sp³-hybridized carbons (Fsp3) is 0.583. The Labute approximate surface area is 127 Å². The van der Waals surface area contributed by atoms with Crippen molar-refractivity contribution in [1.82, 2.24) is 24.5 Å². The summed E-state index contributed by atoms with van der Waals surface area (Å²) in [5.74, 6) is 1.60. The third kappa shape index (κ3) is 2.99. The van der Waals surface area contributed by atoms with Crippen molar-refractivity contribution in [1.29, 1.82) is 0 Å². The fourth-order valence-corrected chi connectivity index (χ4v) is 3.31. The maximum Gasteiger partial charge on any atom is 0.191 e. The van der Waals surface area contributed by atoms with Gasteiger partial charge in [0.2, 0.25) is 0 Å². The molecule has 0 aliphatic carbocycles. The standard InChI is InChI=1S/C12H19ClN6S/c1-4-19-10(11(13)8(2)17-19)7-20-12-16-15-9(3)18(12)6-5-14/h4-7,14H2,1-3H3. The van der Waals surface area contributed by atoms with E-state index >= 15 is 0 Å². The minimum Gasteiger partial charge on any atom is -0.329 e. The number of thioether (sulfide) groups is 1. The molecule has 8 heteroatoms. The molecule has 0 aliphatic rings. The number of halogens is 1. The molecule has 2 aromatic heterocycles. The third-order valence-electron chi connectivity index (χ3n) is 3.05. The first-order valence-electron chi connectivity index (χ1n) is 6.52. The zero-order chi connectivity index (χ0) is 14.7. The van der Waals surface area contributed by atoms with Gasteiger partial charge in [-0.05, 0) is 20.8 Å². The molecule has 2 N–H and O–H groups in total. The van der Waals surface area contributed by atoms with Gasteiger partial charge in [0.15, 0.2) is 5.16 Å². The average Bonchev–Trinajstić information content (AvgIpc) is 2.91. The highest BCUT2D eigenvalue weighted by atomic mass is 35.5. The summed E-state index contributed by atoms with van der Waals surface area (Å²) in [5.41, 5.74) is 7.51. The van der Waals surface area contributed by atoms with E-state index in [0.29, 0.717) is 6.54 Å². The molecule has 0 saturated heterocycles. The molecule has 0 aliphatic heterocycles. The van der Waals surface area contributed by atoms with Gasteiger partial charge in [0, 0.05) is 25.4 Å². The summed E-state index contributed by atoms with van der Waals surface area (Å²) in [6.07, 6.45) is 0. The zero-order valence-corrected chi connectivity index (χ0v) is 13.5. The van der Waals surface area contributed by atoms with Crippen LogP contribution in [0.5, 0.6) is 0 Å². The van der Waals surface area contributed by atoms with Gasteiger partial charge in [-0.3, -0.25) is 4.68 Å². The second-order valence-corrected chi connectivity index (χ2v) is 5.74. The second-order valence-electron chi connectivity index (χ2n) is 4.42. The molecule has 110 valence electrons. The van der Waals surface area contributed by atoms with Crippen LogP contribution in [0.15, 0.2) is 5.16 Å². The summed E-state index contributed by atoms with van der Waals surface area (Å²) >= 11 is 7.91. The summed E-state index contributed by atoms with van der Waals surface area (Å²) in [6.45, 7) is 8.00. The van der Waals surface area contributed by atoms with Crippen LogP contribution >= 0.6 is 23.4 Å². The fourth-order valence-electron chi connectivity index (χ4n) is 1.99. The first kappa shape index (κ1) is 15.3. The normalized spacial score (nSPS) is 11.2. The van der Waals surface area contributed by atoms with Gasteiger partial charge < -0.3 is 10.3 Å². The number of rotatable bonds is 6. The second kappa shape index (κ2) is 6.60. The Kier molecular flexibility index (Phi) is 5.06. The van der Waals surface area contributed by atoms with E-state index in [0.717, 1.165) is 46.2 Å². The van der Waals surface area contributed by atoms with Crippen LogP contribution in [-0.2, 0) is 18.8 Å². The average molecular weight is 315 g/mol. The van der Waals surface area contributed by atoms with Gasteiger partial charge in [-0.1, -0.05) is 23.4 Å². The lowest BCUT2D eigenvalue weighted by Crippen LogP contribution is -2.12. The van der Waals surface area contributed by atoms with Crippen LogP contribution in [0.2, 0.25) is 5.02 Å². The summed E-state index contributed by atoms with van der Waals surface area (Å²) in [5, 5.41) is 14.3. The SMILES string of the molecule is CCn1nc(C)c(Cl)c1CSc1nnc(C)n1CCN. The van der Waals surface area contributed by atoms with Crippen LogP contribution in [0.4, 0.5) is 0 Å². The van der Waals surface area contributed by atoms with Crippen molar-refractivity contribution in [3.8, 4) is 0 Å². The molecule has 0 spiro atoms. The van der Waals surface area contributed by atoms with Crippen molar-refractivity contribution in [3.05, 3.63) is 22.2 Å². The van der Waals surface area contributed by atoms with Crippen LogP contribution in [0, 0.1) is 13.8 Å². The van der Waals surface area contributed by atoms with Crippen molar-refractivity contribution in [3.63, 3.8) is 0 Å². The van der Waals surface area contributed by atoms with Crippen LogP contribution in [0.25, 0.3) is 0 Å². The molecule has 0 amide bonds. The van der Waals surface area contributed by atoms with Crippen LogP contribution in [0.3, 0.4) is 0 Å². The molecule has 2 rings (SSSR count). The van der Waals surface area contributed by atoms with Crippen LogP contribution < -0.4 is 5.73 Å². The van der Waals surface area contributed by atoms with E-state index in [9.17, 15) is 0 Å². The lowest BCUT2D eigenvalue weighted by atomic mass is 10.4. The number of hydrogen-bond donors (Lipinski definition) is 1. The number of aryl methyl sites for hydroxylation is 3. The molecule has 0 radical (unpaired) electrons. The van der Waals surface area contributed by atoms with Crippen LogP contribution in [0.1, 0.15) is 24.1 Å². The van der Waals surface area contributed by atoms with E-state index < -0.39 is 0 Å². The van der Waals surface area contributed by atoms with Gasteiger partial charge in [-0.2, -0.15) is 5.10 Å². The molecule has 0 unspecified atom stereocenters.